The molecule has 0 saturated carbocycles. The Kier molecular flexibility index (Phi) is 4.22. The molecule has 0 unspecified atom stereocenters. The highest BCUT2D eigenvalue weighted by Crippen LogP contribution is 2.48. The van der Waals surface area contributed by atoms with Crippen molar-refractivity contribution >= 4 is 11.7 Å². The van der Waals surface area contributed by atoms with Crippen LogP contribution < -0.4 is 5.32 Å². The molecule has 0 fully saturated rings. The number of ketones is 1. The van der Waals surface area contributed by atoms with Gasteiger partial charge in [0.25, 0.3) is 0 Å². The summed E-state index contributed by atoms with van der Waals surface area (Å²) in [6.07, 6.45) is 0.992. The molecule has 1 aromatic rings. The van der Waals surface area contributed by atoms with Crippen molar-refractivity contribution in [2.75, 3.05) is 0 Å². The van der Waals surface area contributed by atoms with Gasteiger partial charge in [0, 0.05) is 25.3 Å². The van der Waals surface area contributed by atoms with Crippen LogP contribution in [0.4, 0.5) is 0 Å². The van der Waals surface area contributed by atoms with Crippen LogP contribution in [0, 0.1) is 16.7 Å². The zero-order valence-electron chi connectivity index (χ0n) is 14.6. The van der Waals surface area contributed by atoms with Crippen LogP contribution in [0.1, 0.15) is 45.1 Å². The second-order valence-electron chi connectivity index (χ2n) is 7.26. The number of Topliss-reactive ketones (excluding diaryl/α,β-unsaturated/α-hetero) is 1. The Morgan fingerprint density at radius 1 is 1.28 bits per heavy atom. The van der Waals surface area contributed by atoms with E-state index in [2.05, 4.69) is 11.4 Å². The summed E-state index contributed by atoms with van der Waals surface area (Å²) in [5.41, 5.74) is 1.41. The zero-order chi connectivity index (χ0) is 18.2. The number of nitrogens with zero attached hydrogens (tertiary/aromatic N) is 1. The molecule has 1 aliphatic carbocycles. The molecule has 128 valence electrons. The van der Waals surface area contributed by atoms with E-state index in [-0.39, 0.29) is 28.6 Å². The molecule has 1 aliphatic heterocycles. The Bertz CT molecular complexity index is 841. The summed E-state index contributed by atoms with van der Waals surface area (Å²) in [4.78, 5) is 24.4. The van der Waals surface area contributed by atoms with Gasteiger partial charge in [-0.2, -0.15) is 5.26 Å². The molecular formula is C20H20N2O3. The van der Waals surface area contributed by atoms with Crippen molar-refractivity contribution in [1.82, 2.24) is 5.32 Å². The van der Waals surface area contributed by atoms with E-state index >= 15 is 0 Å². The molecule has 2 aliphatic rings. The second kappa shape index (κ2) is 6.21. The Labute approximate surface area is 147 Å². The lowest BCUT2D eigenvalue weighted by molar-refractivity contribution is -0.119. The maximum Gasteiger partial charge on any atom is 0.223 e. The van der Waals surface area contributed by atoms with Crippen molar-refractivity contribution in [3.05, 3.63) is 58.7 Å². The topological polar surface area (TPSA) is 79.2 Å². The van der Waals surface area contributed by atoms with Crippen molar-refractivity contribution in [1.29, 1.82) is 5.26 Å². The lowest BCUT2D eigenvalue weighted by atomic mass is 9.70. The summed E-state index contributed by atoms with van der Waals surface area (Å²) in [5.74, 6) is -0.152. The maximum absolute atomic E-state index is 12.9. The van der Waals surface area contributed by atoms with Gasteiger partial charge < -0.3 is 4.74 Å². The monoisotopic (exact) mass is 336 g/mol. The lowest BCUT2D eigenvalue weighted by Gasteiger charge is -2.37. The average Bonchev–Trinajstić information content (AvgIpc) is 2.52. The first kappa shape index (κ1) is 17.0. The Balaban J connectivity index is 2.19. The number of benzene rings is 1. The third-order valence-electron chi connectivity index (χ3n) is 4.47. The SMILES string of the molecule is CC(=O)NC1=C(C#N)[C@H](c2ccccc2)C2=C(CC(C)(C)CC2=O)O1. The van der Waals surface area contributed by atoms with E-state index in [1.165, 1.54) is 6.92 Å². The van der Waals surface area contributed by atoms with Crippen LogP contribution in [0.2, 0.25) is 0 Å². The number of ether oxygens (including phenoxy) is 1. The van der Waals surface area contributed by atoms with Gasteiger partial charge in [-0.25, -0.2) is 0 Å². The second-order valence-corrected chi connectivity index (χ2v) is 7.26. The van der Waals surface area contributed by atoms with Gasteiger partial charge >= 0.3 is 0 Å². The van der Waals surface area contributed by atoms with Crippen LogP contribution in [0.15, 0.2) is 53.1 Å². The number of hydrogen-bond donors (Lipinski definition) is 1. The van der Waals surface area contributed by atoms with Crippen molar-refractivity contribution in [2.24, 2.45) is 5.41 Å². The van der Waals surface area contributed by atoms with Gasteiger partial charge in [-0.3, -0.25) is 14.9 Å². The Morgan fingerprint density at radius 2 is 1.96 bits per heavy atom. The van der Waals surface area contributed by atoms with Crippen LogP contribution in [-0.4, -0.2) is 11.7 Å². The third-order valence-corrected chi connectivity index (χ3v) is 4.47. The Morgan fingerprint density at radius 3 is 2.56 bits per heavy atom. The standard InChI is InChI=1S/C20H20N2O3/c1-12(23)22-19-14(11-21)17(13-7-5-4-6-8-13)18-15(24)9-20(2,3)10-16(18)25-19/h4-8,17H,9-10H2,1-3H3,(H,22,23)/t17-/m0/s1. The molecule has 0 radical (unpaired) electrons. The van der Waals surface area contributed by atoms with Crippen molar-refractivity contribution in [3.8, 4) is 6.07 Å². The summed E-state index contributed by atoms with van der Waals surface area (Å²) in [6, 6.07) is 11.5. The van der Waals surface area contributed by atoms with Crippen LogP contribution >= 0.6 is 0 Å². The third kappa shape index (κ3) is 3.20. The number of nitrogens with one attached hydrogen (secondary N) is 1. The summed E-state index contributed by atoms with van der Waals surface area (Å²) in [7, 11) is 0. The minimum Gasteiger partial charge on any atom is -0.444 e. The molecule has 0 bridgehead atoms. The summed E-state index contributed by atoms with van der Waals surface area (Å²) in [5, 5.41) is 12.3. The fraction of sp³-hybridized carbons (Fsp3) is 0.350. The van der Waals surface area contributed by atoms with E-state index in [1.54, 1.807) is 0 Å². The van der Waals surface area contributed by atoms with Gasteiger partial charge in [0.1, 0.15) is 17.4 Å². The highest BCUT2D eigenvalue weighted by molar-refractivity contribution is 6.00. The van der Waals surface area contributed by atoms with E-state index in [0.717, 1.165) is 5.56 Å². The maximum atomic E-state index is 12.9. The van der Waals surface area contributed by atoms with E-state index in [0.29, 0.717) is 24.2 Å². The average molecular weight is 336 g/mol. The number of carbonyl (C=O) groups is 2. The Hall–Kier alpha value is -2.87. The molecule has 5 heteroatoms. The molecule has 1 aromatic carbocycles. The first-order valence-electron chi connectivity index (χ1n) is 8.23. The molecule has 0 aromatic heterocycles. The molecule has 25 heavy (non-hydrogen) atoms. The molecule has 0 saturated heterocycles. The van der Waals surface area contributed by atoms with E-state index in [9.17, 15) is 14.9 Å². The van der Waals surface area contributed by atoms with E-state index in [1.807, 2.05) is 44.2 Å². The van der Waals surface area contributed by atoms with Gasteiger partial charge in [0.2, 0.25) is 11.8 Å². The zero-order valence-corrected chi connectivity index (χ0v) is 14.6. The highest BCUT2D eigenvalue weighted by Gasteiger charge is 2.43. The number of amides is 1. The van der Waals surface area contributed by atoms with Crippen LogP contribution in [0.5, 0.6) is 0 Å². The molecule has 5 nitrogen and oxygen atoms in total. The van der Waals surface area contributed by atoms with Gasteiger partial charge in [-0.1, -0.05) is 44.2 Å². The number of nitriles is 1. The van der Waals surface area contributed by atoms with Crippen LogP contribution in [0.25, 0.3) is 0 Å². The van der Waals surface area contributed by atoms with Crippen LogP contribution in [-0.2, 0) is 14.3 Å². The lowest BCUT2D eigenvalue weighted by Crippen LogP contribution is -2.35. The summed E-state index contributed by atoms with van der Waals surface area (Å²) < 4.78 is 5.85. The molecule has 3 rings (SSSR count). The van der Waals surface area contributed by atoms with E-state index < -0.39 is 5.92 Å². The van der Waals surface area contributed by atoms with Gasteiger partial charge in [0.05, 0.1) is 5.92 Å². The smallest absolute Gasteiger partial charge is 0.223 e. The number of rotatable bonds is 2. The number of carbonyl (C=O) groups excluding carboxylic acids is 2. The molecule has 1 N–H and O–H groups in total. The van der Waals surface area contributed by atoms with Gasteiger partial charge in [-0.15, -0.1) is 0 Å². The van der Waals surface area contributed by atoms with Crippen molar-refractivity contribution < 1.29 is 14.3 Å². The molecule has 1 heterocycles. The molecule has 1 atom stereocenters. The number of hydrogen-bond acceptors (Lipinski definition) is 4. The fourth-order valence-corrected chi connectivity index (χ4v) is 3.49. The van der Waals surface area contributed by atoms with E-state index in [4.69, 9.17) is 4.74 Å². The van der Waals surface area contributed by atoms with Crippen molar-refractivity contribution in [2.45, 2.75) is 39.5 Å². The highest BCUT2D eigenvalue weighted by atomic mass is 16.5. The number of allylic oxidation sites excluding steroid dienone is 3. The minimum absolute atomic E-state index is 0.00488. The van der Waals surface area contributed by atoms with Gasteiger partial charge in [0.15, 0.2) is 5.78 Å². The normalized spacial score (nSPS) is 22.0. The molecule has 0 spiro atoms. The quantitative estimate of drug-likeness (QED) is 0.898. The molecule has 1 amide bonds. The fourth-order valence-electron chi connectivity index (χ4n) is 3.49. The van der Waals surface area contributed by atoms with Crippen LogP contribution in [0.3, 0.4) is 0 Å². The largest absolute Gasteiger partial charge is 0.444 e. The predicted octanol–water partition coefficient (Wildman–Crippen LogP) is 3.31. The first-order valence-corrected chi connectivity index (χ1v) is 8.23. The minimum atomic E-state index is -0.514. The van der Waals surface area contributed by atoms with Crippen molar-refractivity contribution in [3.63, 3.8) is 0 Å². The van der Waals surface area contributed by atoms with Gasteiger partial charge in [-0.05, 0) is 11.0 Å². The first-order chi connectivity index (χ1) is 11.8. The summed E-state index contributed by atoms with van der Waals surface area (Å²) in [6.45, 7) is 5.39. The molecular weight excluding hydrogens is 316 g/mol. The predicted molar refractivity (Wildman–Crippen MR) is 91.8 cm³/mol. The summed E-state index contributed by atoms with van der Waals surface area (Å²) >= 11 is 0.